The third-order valence-corrected chi connectivity index (χ3v) is 5.14. The zero-order valence-electron chi connectivity index (χ0n) is 16.5. The van der Waals surface area contributed by atoms with Gasteiger partial charge in [-0.1, -0.05) is 0 Å². The van der Waals surface area contributed by atoms with Crippen LogP contribution in [0.5, 0.6) is 5.75 Å². The van der Waals surface area contributed by atoms with Gasteiger partial charge in [-0.2, -0.15) is 4.98 Å². The van der Waals surface area contributed by atoms with Gasteiger partial charge < -0.3 is 19.9 Å². The molecule has 28 heavy (non-hydrogen) atoms. The fraction of sp³-hybridized carbons (Fsp3) is 0.474. The molecule has 0 bridgehead atoms. The molecule has 0 spiro atoms. The Morgan fingerprint density at radius 1 is 1.14 bits per heavy atom. The van der Waals surface area contributed by atoms with E-state index in [4.69, 9.17) is 4.74 Å². The Hall–Kier alpha value is -2.62. The van der Waals surface area contributed by atoms with Gasteiger partial charge in [0.2, 0.25) is 5.95 Å². The van der Waals surface area contributed by atoms with E-state index in [1.165, 1.54) is 0 Å². The Kier molecular flexibility index (Phi) is 5.75. The Labute approximate surface area is 165 Å². The molecule has 0 saturated carbocycles. The second kappa shape index (κ2) is 8.59. The molecule has 1 aromatic carbocycles. The second-order valence-corrected chi connectivity index (χ2v) is 7.13. The van der Waals surface area contributed by atoms with Gasteiger partial charge in [-0.05, 0) is 44.3 Å². The number of hydrogen-bond donors (Lipinski definition) is 3. The maximum atomic E-state index is 5.23. The number of piperazine rings is 1. The lowest BCUT2D eigenvalue weighted by molar-refractivity contribution is 0.154. The molecule has 3 heterocycles. The van der Waals surface area contributed by atoms with E-state index in [9.17, 15) is 0 Å². The Morgan fingerprint density at radius 3 is 2.68 bits per heavy atom. The molecule has 2 aromatic rings. The summed E-state index contributed by atoms with van der Waals surface area (Å²) in [6, 6.07) is 7.81. The second-order valence-electron chi connectivity index (χ2n) is 7.13. The van der Waals surface area contributed by atoms with Crippen molar-refractivity contribution in [1.29, 1.82) is 0 Å². The summed E-state index contributed by atoms with van der Waals surface area (Å²) < 4.78 is 5.23. The summed E-state index contributed by atoms with van der Waals surface area (Å²) in [5.74, 6) is 2.25. The number of hydrogen-bond acceptors (Lipinski definition) is 9. The minimum absolute atomic E-state index is 0.640. The molecule has 3 N–H and O–H groups in total. The van der Waals surface area contributed by atoms with E-state index in [1.54, 1.807) is 13.3 Å². The molecule has 1 aromatic heterocycles. The molecule has 4 rings (SSSR count). The quantitative estimate of drug-likeness (QED) is 0.616. The van der Waals surface area contributed by atoms with Crippen molar-refractivity contribution in [2.45, 2.75) is 6.42 Å². The molecule has 1 saturated heterocycles. The van der Waals surface area contributed by atoms with Gasteiger partial charge in [0.1, 0.15) is 11.4 Å². The zero-order chi connectivity index (χ0) is 19.3. The molecule has 0 aliphatic carbocycles. The summed E-state index contributed by atoms with van der Waals surface area (Å²) in [5.41, 5.74) is 8.03. The van der Waals surface area contributed by atoms with Crippen LogP contribution >= 0.6 is 0 Å². The van der Waals surface area contributed by atoms with Crippen LogP contribution < -0.4 is 26.0 Å². The van der Waals surface area contributed by atoms with Gasteiger partial charge in [0.25, 0.3) is 0 Å². The number of aromatic nitrogens is 2. The topological polar surface area (TPSA) is 80.8 Å². The van der Waals surface area contributed by atoms with Crippen LogP contribution in [0.2, 0.25) is 0 Å². The summed E-state index contributed by atoms with van der Waals surface area (Å²) in [7, 11) is 3.85. The molecule has 150 valence electrons. The minimum Gasteiger partial charge on any atom is -0.497 e. The molecule has 9 heteroatoms. The lowest BCUT2D eigenvalue weighted by atomic mass is 10.3. The number of nitrogens with zero attached hydrogens (tertiary/aromatic N) is 5. The molecule has 2 aliphatic heterocycles. The molecule has 0 amide bonds. The van der Waals surface area contributed by atoms with Crippen LogP contribution in [0, 0.1) is 0 Å². The van der Waals surface area contributed by atoms with Gasteiger partial charge in [0.05, 0.1) is 19.0 Å². The van der Waals surface area contributed by atoms with Crippen molar-refractivity contribution < 1.29 is 4.74 Å². The highest BCUT2D eigenvalue weighted by molar-refractivity contribution is 5.76. The Bertz CT molecular complexity index is 776. The van der Waals surface area contributed by atoms with E-state index in [2.05, 4.69) is 43.1 Å². The van der Waals surface area contributed by atoms with Gasteiger partial charge in [-0.15, -0.1) is 5.53 Å². The van der Waals surface area contributed by atoms with E-state index in [0.29, 0.717) is 5.95 Å². The standard InChI is InChI=1S/C19H28N8O/c1-25-10-12-26(13-11-25)9-3-8-20-19-21-14-17-18(22-19)27(24-23-17)15-4-6-16(28-2)7-5-15/h4-7,14,23-24H,3,8-13H2,1-2H3,(H,20,21,22). The van der Waals surface area contributed by atoms with E-state index >= 15 is 0 Å². The summed E-state index contributed by atoms with van der Waals surface area (Å²) in [6.07, 6.45) is 2.87. The Morgan fingerprint density at radius 2 is 1.93 bits per heavy atom. The number of anilines is 4. The first-order valence-electron chi connectivity index (χ1n) is 9.70. The van der Waals surface area contributed by atoms with Crippen molar-refractivity contribution in [3.05, 3.63) is 30.5 Å². The molecule has 0 radical (unpaired) electrons. The first-order chi connectivity index (χ1) is 13.7. The van der Waals surface area contributed by atoms with Crippen molar-refractivity contribution in [2.24, 2.45) is 0 Å². The molecule has 2 aliphatic rings. The largest absolute Gasteiger partial charge is 0.497 e. The number of likely N-dealkylation sites (N-methyl/N-ethyl adjacent to an activating group) is 1. The number of benzene rings is 1. The fourth-order valence-corrected chi connectivity index (χ4v) is 3.38. The van der Waals surface area contributed by atoms with Crippen molar-refractivity contribution in [3.63, 3.8) is 0 Å². The van der Waals surface area contributed by atoms with Crippen LogP contribution in [0.4, 0.5) is 23.1 Å². The average molecular weight is 384 g/mol. The van der Waals surface area contributed by atoms with E-state index in [-0.39, 0.29) is 0 Å². The van der Waals surface area contributed by atoms with Crippen molar-refractivity contribution in [3.8, 4) is 5.75 Å². The first-order valence-corrected chi connectivity index (χ1v) is 9.70. The molecule has 0 unspecified atom stereocenters. The van der Waals surface area contributed by atoms with Crippen LogP contribution in [0.1, 0.15) is 6.42 Å². The monoisotopic (exact) mass is 384 g/mol. The number of fused-ring (bicyclic) bond motifs is 1. The SMILES string of the molecule is COc1ccc(N2NNc3cnc(NCCCN4CCN(C)CC4)nc32)cc1. The number of methoxy groups -OCH3 is 1. The molecular weight excluding hydrogens is 356 g/mol. The predicted molar refractivity (Wildman–Crippen MR) is 111 cm³/mol. The van der Waals surface area contributed by atoms with Crippen molar-refractivity contribution in [2.75, 3.05) is 69.2 Å². The maximum Gasteiger partial charge on any atom is 0.224 e. The van der Waals surface area contributed by atoms with Gasteiger partial charge in [0.15, 0.2) is 5.82 Å². The summed E-state index contributed by atoms with van der Waals surface area (Å²) in [5, 5.41) is 5.25. The van der Waals surface area contributed by atoms with Crippen molar-refractivity contribution in [1.82, 2.24) is 25.3 Å². The number of rotatable bonds is 7. The van der Waals surface area contributed by atoms with Crippen molar-refractivity contribution >= 4 is 23.1 Å². The zero-order valence-corrected chi connectivity index (χ0v) is 16.5. The van der Waals surface area contributed by atoms with E-state index in [1.807, 2.05) is 29.3 Å². The highest BCUT2D eigenvalue weighted by atomic mass is 16.5. The lowest BCUT2D eigenvalue weighted by Crippen LogP contribution is -2.44. The van der Waals surface area contributed by atoms with Crippen LogP contribution in [-0.2, 0) is 0 Å². The highest BCUT2D eigenvalue weighted by Gasteiger charge is 2.23. The van der Waals surface area contributed by atoms with Gasteiger partial charge in [-0.3, -0.25) is 5.43 Å². The third kappa shape index (κ3) is 4.27. The molecular formula is C19H28N8O. The number of ether oxygens (including phenoxy) is 1. The van der Waals surface area contributed by atoms with Crippen LogP contribution in [-0.4, -0.2) is 73.2 Å². The number of hydrazine groups is 2. The summed E-state index contributed by atoms with van der Waals surface area (Å²) in [6.45, 7) is 6.58. The summed E-state index contributed by atoms with van der Waals surface area (Å²) in [4.78, 5) is 14.0. The first kappa shape index (κ1) is 18.7. The van der Waals surface area contributed by atoms with E-state index < -0.39 is 0 Å². The van der Waals surface area contributed by atoms with Gasteiger partial charge >= 0.3 is 0 Å². The molecule has 1 fully saturated rings. The normalized spacial score (nSPS) is 17.3. The third-order valence-electron chi connectivity index (χ3n) is 5.14. The summed E-state index contributed by atoms with van der Waals surface area (Å²) >= 11 is 0. The smallest absolute Gasteiger partial charge is 0.224 e. The Balaban J connectivity index is 1.33. The molecule has 9 nitrogen and oxygen atoms in total. The van der Waals surface area contributed by atoms with Crippen LogP contribution in [0.15, 0.2) is 30.5 Å². The minimum atomic E-state index is 0.640. The maximum absolute atomic E-state index is 5.23. The van der Waals surface area contributed by atoms with Crippen LogP contribution in [0.25, 0.3) is 0 Å². The fourth-order valence-electron chi connectivity index (χ4n) is 3.38. The van der Waals surface area contributed by atoms with Gasteiger partial charge in [0, 0.05) is 32.7 Å². The average Bonchev–Trinajstić information content (AvgIpc) is 3.16. The molecule has 0 atom stereocenters. The lowest BCUT2D eigenvalue weighted by Gasteiger charge is -2.32. The van der Waals surface area contributed by atoms with Crippen LogP contribution in [0.3, 0.4) is 0 Å². The highest BCUT2D eigenvalue weighted by Crippen LogP contribution is 2.33. The van der Waals surface area contributed by atoms with E-state index in [0.717, 1.165) is 68.6 Å². The van der Waals surface area contributed by atoms with Gasteiger partial charge in [-0.25, -0.2) is 9.99 Å². The number of nitrogens with one attached hydrogen (secondary N) is 3. The predicted octanol–water partition coefficient (Wildman–Crippen LogP) is 1.52.